The van der Waals surface area contributed by atoms with Gasteiger partial charge in [0, 0.05) is 38.9 Å². The van der Waals surface area contributed by atoms with Gasteiger partial charge in [-0.3, -0.25) is 11.2 Å². The molecule has 1 fully saturated rings. The van der Waals surface area contributed by atoms with Gasteiger partial charge in [-0.2, -0.15) is 4.98 Å². The van der Waals surface area contributed by atoms with Gasteiger partial charge in [-0.1, -0.05) is 0 Å². The minimum Gasteiger partial charge on any atom is -0.803 e. The van der Waals surface area contributed by atoms with E-state index in [1.165, 1.54) is 12.3 Å². The number of anilines is 1. The molecular formula is C12H18N3O7PY-2. The van der Waals surface area contributed by atoms with Crippen molar-refractivity contribution in [3.63, 3.8) is 0 Å². The first kappa shape index (κ1) is 23.6. The molecule has 10 nitrogen and oxygen atoms in total. The first-order valence-corrected chi connectivity index (χ1v) is 8.08. The number of nitrogens with two attached hydrogens (primary N) is 1. The van der Waals surface area contributed by atoms with Gasteiger partial charge >= 0.3 is 5.69 Å². The van der Waals surface area contributed by atoms with E-state index < -0.39 is 44.4 Å². The number of nitrogens with zero attached hydrogens (tertiary/aromatic N) is 2. The summed E-state index contributed by atoms with van der Waals surface area (Å²) in [6.45, 7) is 8.24. The smallest absolute Gasteiger partial charge is 0.351 e. The molecule has 2 rings (SSSR count). The number of nitrogen functional groups attached to an aromatic ring is 1. The van der Waals surface area contributed by atoms with E-state index in [4.69, 9.17) is 10.5 Å². The van der Waals surface area contributed by atoms with Crippen LogP contribution in [-0.4, -0.2) is 44.7 Å². The van der Waals surface area contributed by atoms with Crippen LogP contribution in [0.1, 0.15) is 6.23 Å². The van der Waals surface area contributed by atoms with Gasteiger partial charge in [0.1, 0.15) is 24.1 Å². The molecule has 0 amide bonds. The summed E-state index contributed by atoms with van der Waals surface area (Å²) in [7, 11) is -4.24. The second kappa shape index (κ2) is 9.89. The molecule has 2 heterocycles. The van der Waals surface area contributed by atoms with Gasteiger partial charge in [0.2, 0.25) is 0 Å². The Morgan fingerprint density at radius 2 is 2.08 bits per heavy atom. The van der Waals surface area contributed by atoms with Crippen molar-refractivity contribution in [1.82, 2.24) is 9.55 Å². The molecule has 24 heavy (non-hydrogen) atoms. The van der Waals surface area contributed by atoms with E-state index in [1.807, 2.05) is 0 Å². The Kier molecular flexibility index (Phi) is 9.70. The van der Waals surface area contributed by atoms with Crippen molar-refractivity contribution in [3.8, 4) is 0 Å². The molecule has 0 bridgehead atoms. The van der Waals surface area contributed by atoms with Crippen molar-refractivity contribution in [2.75, 3.05) is 12.3 Å². The molecule has 4 N–H and O–H groups in total. The van der Waals surface area contributed by atoms with Gasteiger partial charge in [0.15, 0.2) is 6.23 Å². The largest absolute Gasteiger partial charge is 0.803 e. The quantitative estimate of drug-likeness (QED) is 0.293. The molecule has 133 valence electrons. The van der Waals surface area contributed by atoms with Crippen LogP contribution in [-0.2, 0) is 46.5 Å². The Morgan fingerprint density at radius 3 is 2.58 bits per heavy atom. The molecule has 0 aliphatic carbocycles. The maximum atomic E-state index is 11.7. The van der Waals surface area contributed by atoms with Crippen molar-refractivity contribution in [1.29, 1.82) is 0 Å². The fourth-order valence-corrected chi connectivity index (χ4v) is 2.28. The average molecular weight is 436 g/mol. The van der Waals surface area contributed by atoms with E-state index >= 15 is 0 Å². The molecule has 1 aliphatic rings. The van der Waals surface area contributed by atoms with Crippen LogP contribution in [0, 0.1) is 6.66 Å². The molecule has 1 saturated heterocycles. The number of hydrogen-bond donors (Lipinski definition) is 3. The number of ether oxygens (including phenoxy) is 1. The molecule has 1 radical (unpaired) electrons. The summed E-state index contributed by atoms with van der Waals surface area (Å²) in [5.74, 6) is -0.00600. The van der Waals surface area contributed by atoms with Crippen molar-refractivity contribution in [2.24, 2.45) is 0 Å². The summed E-state index contributed by atoms with van der Waals surface area (Å²) in [6.07, 6.45) is -4.03. The summed E-state index contributed by atoms with van der Waals surface area (Å²) in [5, 5.41) is 19.7. The molecule has 0 spiro atoms. The van der Waals surface area contributed by atoms with Crippen LogP contribution in [0.5, 0.6) is 0 Å². The zero-order valence-electron chi connectivity index (χ0n) is 12.7. The third-order valence-corrected chi connectivity index (χ3v) is 3.44. The average Bonchev–Trinajstić information content (AvgIpc) is 2.75. The molecule has 0 aromatic carbocycles. The summed E-state index contributed by atoms with van der Waals surface area (Å²) in [4.78, 5) is 26.0. The topological polar surface area (TPSA) is 160 Å². The molecule has 5 atom stereocenters. The van der Waals surface area contributed by atoms with E-state index in [-0.39, 0.29) is 38.5 Å². The normalized spacial score (nSPS) is 28.2. The summed E-state index contributed by atoms with van der Waals surface area (Å²) in [6, 6.07) is 1.31. The van der Waals surface area contributed by atoms with Crippen molar-refractivity contribution >= 4 is 13.4 Å². The summed E-state index contributed by atoms with van der Waals surface area (Å²) < 4.78 is 21.5. The maximum absolute atomic E-state index is 11.7. The van der Waals surface area contributed by atoms with E-state index in [1.54, 1.807) is 0 Å². The predicted octanol–water partition coefficient (Wildman–Crippen LogP) is -1.39. The molecule has 1 aliphatic heterocycles. The summed E-state index contributed by atoms with van der Waals surface area (Å²) in [5.41, 5.74) is 4.56. The molecular weight excluding hydrogens is 418 g/mol. The summed E-state index contributed by atoms with van der Waals surface area (Å²) >= 11 is 0. The third kappa shape index (κ3) is 6.13. The number of aromatic nitrogens is 2. The van der Waals surface area contributed by atoms with Crippen molar-refractivity contribution in [2.45, 2.75) is 24.5 Å². The zero-order valence-corrected chi connectivity index (χ0v) is 16.5. The van der Waals surface area contributed by atoms with Gasteiger partial charge in [0.05, 0.1) is 6.61 Å². The van der Waals surface area contributed by atoms with Crippen LogP contribution in [0.4, 0.5) is 5.82 Å². The molecule has 0 saturated carbocycles. The fourth-order valence-electron chi connectivity index (χ4n) is 1.90. The zero-order chi connectivity index (χ0) is 17.8. The van der Waals surface area contributed by atoms with Crippen LogP contribution < -0.4 is 16.3 Å². The number of aliphatic hydroxyl groups is 2. The van der Waals surface area contributed by atoms with Gasteiger partial charge in [-0.25, -0.2) is 4.79 Å². The minimum absolute atomic E-state index is 0. The SMILES string of the molecule is C=C.[CH2-]P(=O)([O-])OC[C@H]1O[C@@H](n2ccc(N)nc2=O)C(O)[C@H]1O.[Y]. The van der Waals surface area contributed by atoms with Crippen LogP contribution >= 0.6 is 7.60 Å². The van der Waals surface area contributed by atoms with Crippen LogP contribution in [0.2, 0.25) is 0 Å². The van der Waals surface area contributed by atoms with Gasteiger partial charge in [-0.15, -0.1) is 13.2 Å². The molecule has 1 aromatic rings. The van der Waals surface area contributed by atoms with Crippen molar-refractivity contribution in [3.05, 3.63) is 42.6 Å². The Hall–Kier alpha value is -0.446. The van der Waals surface area contributed by atoms with E-state index in [9.17, 15) is 24.5 Å². The van der Waals surface area contributed by atoms with Crippen LogP contribution in [0.25, 0.3) is 0 Å². The number of aliphatic hydroxyl groups excluding tert-OH is 2. The monoisotopic (exact) mass is 436 g/mol. The number of rotatable bonds is 4. The Bertz CT molecular complexity index is 637. The standard InChI is InChI=1S/C10H15N3O7P.C2H4.Y/c1-21(17,18)19-4-5-7(14)8(15)9(20-5)13-3-2-6(11)12-10(13)16;1-2;/h2-3,5,7-9,14-15H,1,4H2,(H,17,18)(H2,11,12,16);1-2H2;/q-1;;/p-1/t5-,7+,8?,9-;;/m1../s1. The van der Waals surface area contributed by atoms with Crippen LogP contribution in [0.15, 0.2) is 30.2 Å². The molecule has 2 unspecified atom stereocenters. The Balaban J connectivity index is 0.00000170. The second-order valence-corrected chi connectivity index (χ2v) is 5.98. The van der Waals surface area contributed by atoms with Gasteiger partial charge in [-0.05, 0) is 13.7 Å². The predicted molar refractivity (Wildman–Crippen MR) is 79.0 cm³/mol. The first-order valence-electron chi connectivity index (χ1n) is 6.35. The fraction of sp³-hybridized carbons (Fsp3) is 0.417. The molecule has 1 aromatic heterocycles. The first-order chi connectivity index (χ1) is 10.7. The van der Waals surface area contributed by atoms with Gasteiger partial charge in [0.25, 0.3) is 0 Å². The maximum Gasteiger partial charge on any atom is 0.351 e. The van der Waals surface area contributed by atoms with E-state index in [2.05, 4.69) is 29.3 Å². The van der Waals surface area contributed by atoms with E-state index in [0.29, 0.717) is 0 Å². The molecule has 12 heteroatoms. The van der Waals surface area contributed by atoms with E-state index in [0.717, 1.165) is 4.57 Å². The number of hydrogen-bond acceptors (Lipinski definition) is 9. The Morgan fingerprint density at radius 1 is 1.50 bits per heavy atom. The minimum atomic E-state index is -4.24. The van der Waals surface area contributed by atoms with Crippen molar-refractivity contribution < 1.29 is 61.6 Å². The second-order valence-electron chi connectivity index (χ2n) is 4.50. The third-order valence-electron chi connectivity index (χ3n) is 2.90. The van der Waals surface area contributed by atoms with Gasteiger partial charge < -0.3 is 34.7 Å². The Labute approximate surface area is 163 Å². The van der Waals surface area contributed by atoms with Crippen LogP contribution in [0.3, 0.4) is 0 Å².